The van der Waals surface area contributed by atoms with Crippen LogP contribution >= 0.6 is 11.8 Å². The normalized spacial score (nSPS) is 17.1. The van der Waals surface area contributed by atoms with Crippen LogP contribution in [-0.4, -0.2) is 35.5 Å². The quantitative estimate of drug-likeness (QED) is 0.600. The minimum Gasteiger partial charge on any atom is -0.468 e. The van der Waals surface area contributed by atoms with Crippen LogP contribution in [0.15, 0.2) is 42.5 Å². The highest BCUT2D eigenvalue weighted by atomic mass is 32.2. The molecule has 0 saturated carbocycles. The summed E-state index contributed by atoms with van der Waals surface area (Å²) in [5.74, 6) is -0.916. The minimum atomic E-state index is -4.67. The molecule has 32 heavy (non-hydrogen) atoms. The van der Waals surface area contributed by atoms with Crippen molar-refractivity contribution >= 4 is 28.9 Å². The van der Waals surface area contributed by atoms with E-state index in [4.69, 9.17) is 10.5 Å². The van der Waals surface area contributed by atoms with Crippen molar-refractivity contribution in [2.75, 3.05) is 7.11 Å². The second-order valence-electron chi connectivity index (χ2n) is 6.98. The Kier molecular flexibility index (Phi) is 7.09. The maximum absolute atomic E-state index is 13.6. The molecule has 2 aromatic rings. The Morgan fingerprint density at radius 1 is 1.16 bits per heavy atom. The molecule has 170 valence electrons. The molecule has 1 aliphatic heterocycles. The van der Waals surface area contributed by atoms with Crippen LogP contribution in [-0.2, 0) is 33.3 Å². The zero-order valence-corrected chi connectivity index (χ0v) is 17.6. The van der Waals surface area contributed by atoms with Crippen molar-refractivity contribution < 1.29 is 37.0 Å². The van der Waals surface area contributed by atoms with Gasteiger partial charge in [-0.3, -0.25) is 19.7 Å². The summed E-state index contributed by atoms with van der Waals surface area (Å²) < 4.78 is 50.9. The van der Waals surface area contributed by atoms with E-state index in [0.717, 1.165) is 11.6 Å². The fraction of sp³-hybridized carbons (Fsp3) is 0.286. The lowest BCUT2D eigenvalue weighted by atomic mass is 10.0. The Balaban J connectivity index is 1.75. The number of ether oxygens (including phenoxy) is 2. The molecule has 1 aliphatic rings. The molecule has 1 fully saturated rings. The van der Waals surface area contributed by atoms with Crippen LogP contribution in [0.4, 0.5) is 18.0 Å². The fourth-order valence-corrected chi connectivity index (χ4v) is 3.95. The molecule has 2 amide bonds. The number of halogens is 3. The van der Waals surface area contributed by atoms with Gasteiger partial charge in [-0.1, -0.05) is 30.0 Å². The van der Waals surface area contributed by atoms with Crippen LogP contribution in [0.1, 0.15) is 16.7 Å². The first-order chi connectivity index (χ1) is 15.1. The monoisotopic (exact) mass is 468 g/mol. The number of nitrogens with one attached hydrogen (secondary N) is 1. The van der Waals surface area contributed by atoms with Crippen LogP contribution in [0.5, 0.6) is 11.5 Å². The van der Waals surface area contributed by atoms with Crippen molar-refractivity contribution in [1.82, 2.24) is 5.32 Å². The van der Waals surface area contributed by atoms with Gasteiger partial charge in [-0.2, -0.15) is 13.2 Å². The van der Waals surface area contributed by atoms with Crippen molar-refractivity contribution in [3.05, 3.63) is 59.2 Å². The highest BCUT2D eigenvalue weighted by Crippen LogP contribution is 2.37. The highest BCUT2D eigenvalue weighted by Gasteiger charge is 2.37. The molecule has 2 aromatic carbocycles. The average Bonchev–Trinajstić information content (AvgIpc) is 3.05. The second-order valence-corrected chi connectivity index (χ2v) is 8.16. The number of thioether (sulfide) groups is 1. The number of benzene rings is 2. The molecular weight excluding hydrogens is 449 g/mol. The van der Waals surface area contributed by atoms with E-state index in [9.17, 15) is 27.6 Å². The van der Waals surface area contributed by atoms with Crippen molar-refractivity contribution in [1.29, 1.82) is 0 Å². The van der Waals surface area contributed by atoms with E-state index in [1.165, 1.54) is 19.2 Å². The summed E-state index contributed by atoms with van der Waals surface area (Å²) in [6, 6.07) is 9.01. The van der Waals surface area contributed by atoms with E-state index in [0.29, 0.717) is 11.8 Å². The molecule has 11 heteroatoms. The van der Waals surface area contributed by atoms with Crippen molar-refractivity contribution in [3.8, 4) is 11.5 Å². The molecule has 1 heterocycles. The molecule has 2 atom stereocenters. The smallest absolute Gasteiger partial charge is 0.416 e. The van der Waals surface area contributed by atoms with E-state index < -0.39 is 40.1 Å². The number of methoxy groups -OCH3 is 1. The zero-order valence-electron chi connectivity index (χ0n) is 16.8. The van der Waals surface area contributed by atoms with Crippen LogP contribution in [0.25, 0.3) is 0 Å². The van der Waals surface area contributed by atoms with Gasteiger partial charge in [0.05, 0.1) is 17.9 Å². The SMILES string of the molecule is COC(=O)C(N)Cc1ccc(Oc2ccc(CC3SC(=O)NC3=O)c(C(F)(F)F)c2)cc1. The van der Waals surface area contributed by atoms with Gasteiger partial charge in [0.1, 0.15) is 17.5 Å². The average molecular weight is 468 g/mol. The molecule has 0 aliphatic carbocycles. The van der Waals surface area contributed by atoms with E-state index in [-0.39, 0.29) is 29.9 Å². The van der Waals surface area contributed by atoms with Gasteiger partial charge in [0, 0.05) is 0 Å². The maximum Gasteiger partial charge on any atom is 0.416 e. The topological polar surface area (TPSA) is 108 Å². The molecule has 0 bridgehead atoms. The van der Waals surface area contributed by atoms with E-state index >= 15 is 0 Å². The van der Waals surface area contributed by atoms with Gasteiger partial charge in [-0.15, -0.1) is 0 Å². The van der Waals surface area contributed by atoms with E-state index in [1.807, 2.05) is 0 Å². The highest BCUT2D eigenvalue weighted by molar-refractivity contribution is 8.15. The summed E-state index contributed by atoms with van der Waals surface area (Å²) in [4.78, 5) is 34.4. The third-order valence-electron chi connectivity index (χ3n) is 4.68. The lowest BCUT2D eigenvalue weighted by Crippen LogP contribution is -2.33. The predicted octanol–water partition coefficient (Wildman–Crippen LogP) is 3.43. The van der Waals surface area contributed by atoms with Gasteiger partial charge < -0.3 is 15.2 Å². The Bertz CT molecular complexity index is 1030. The largest absolute Gasteiger partial charge is 0.468 e. The molecular formula is C21H19F3N2O5S. The first-order valence-corrected chi connectivity index (χ1v) is 10.3. The number of nitrogens with two attached hydrogens (primary N) is 1. The Labute approximate surface area is 185 Å². The summed E-state index contributed by atoms with van der Waals surface area (Å²) in [7, 11) is 1.24. The Morgan fingerprint density at radius 2 is 1.81 bits per heavy atom. The first kappa shape index (κ1) is 23.6. The van der Waals surface area contributed by atoms with Gasteiger partial charge in [0.2, 0.25) is 5.91 Å². The standard InChI is InChI=1S/C21H19F3N2O5S/c1-30-19(28)16(25)8-11-2-5-13(6-3-11)31-14-7-4-12(15(10-14)21(22,23)24)9-17-18(27)26-20(29)32-17/h2-7,10,16-17H,8-9,25H2,1H3,(H,26,27,29). The van der Waals surface area contributed by atoms with Crippen molar-refractivity contribution in [2.45, 2.75) is 30.3 Å². The minimum absolute atomic E-state index is 0.0420. The van der Waals surface area contributed by atoms with Gasteiger partial charge in [0.25, 0.3) is 5.24 Å². The lowest BCUT2D eigenvalue weighted by Gasteiger charge is -2.16. The number of hydrogen-bond acceptors (Lipinski definition) is 7. The molecule has 3 N–H and O–H groups in total. The van der Waals surface area contributed by atoms with Gasteiger partial charge in [0.15, 0.2) is 0 Å². The van der Waals surface area contributed by atoms with Crippen LogP contribution in [0.3, 0.4) is 0 Å². The molecule has 3 rings (SSSR count). The second kappa shape index (κ2) is 9.61. The van der Waals surface area contributed by atoms with Crippen LogP contribution in [0.2, 0.25) is 0 Å². The number of carbonyl (C=O) groups excluding carboxylic acids is 3. The molecule has 7 nitrogen and oxygen atoms in total. The summed E-state index contributed by atoms with van der Waals surface area (Å²) in [6.07, 6.45) is -4.69. The molecule has 2 unspecified atom stereocenters. The summed E-state index contributed by atoms with van der Waals surface area (Å²) >= 11 is 0.667. The number of carbonyl (C=O) groups is 3. The number of rotatable bonds is 7. The van der Waals surface area contributed by atoms with E-state index in [2.05, 4.69) is 10.1 Å². The van der Waals surface area contributed by atoms with Crippen LogP contribution in [0, 0.1) is 0 Å². The predicted molar refractivity (Wildman–Crippen MR) is 110 cm³/mol. The molecule has 0 spiro atoms. The third kappa shape index (κ3) is 5.80. The summed E-state index contributed by atoms with van der Waals surface area (Å²) in [5.41, 5.74) is 5.38. The fourth-order valence-electron chi connectivity index (χ4n) is 3.11. The lowest BCUT2D eigenvalue weighted by molar-refractivity contribution is -0.142. The maximum atomic E-state index is 13.6. The Morgan fingerprint density at radius 3 is 2.38 bits per heavy atom. The van der Waals surface area contributed by atoms with E-state index in [1.54, 1.807) is 24.3 Å². The molecule has 1 saturated heterocycles. The molecule has 0 aromatic heterocycles. The van der Waals surface area contributed by atoms with Crippen LogP contribution < -0.4 is 15.8 Å². The Hall–Kier alpha value is -3.05. The number of esters is 1. The zero-order chi connectivity index (χ0) is 23.5. The third-order valence-corrected chi connectivity index (χ3v) is 5.66. The summed E-state index contributed by atoms with van der Waals surface area (Å²) in [5, 5.41) is 0.564. The summed E-state index contributed by atoms with van der Waals surface area (Å²) in [6.45, 7) is 0. The number of hydrogen-bond donors (Lipinski definition) is 2. The number of imide groups is 1. The van der Waals surface area contributed by atoms with Gasteiger partial charge >= 0.3 is 12.1 Å². The van der Waals surface area contributed by atoms with Gasteiger partial charge in [-0.05, 0) is 48.2 Å². The molecule has 0 radical (unpaired) electrons. The number of alkyl halides is 3. The van der Waals surface area contributed by atoms with Crippen molar-refractivity contribution in [3.63, 3.8) is 0 Å². The van der Waals surface area contributed by atoms with Crippen molar-refractivity contribution in [2.24, 2.45) is 5.73 Å². The number of amides is 2. The van der Waals surface area contributed by atoms with Gasteiger partial charge in [-0.25, -0.2) is 0 Å². The first-order valence-electron chi connectivity index (χ1n) is 9.38.